The number of halogens is 1. The molecule has 0 radical (unpaired) electrons. The first kappa shape index (κ1) is 17.2. The lowest BCUT2D eigenvalue weighted by atomic mass is 9.49. The van der Waals surface area contributed by atoms with Crippen LogP contribution in [0.1, 0.15) is 48.9 Å². The summed E-state index contributed by atoms with van der Waals surface area (Å²) < 4.78 is 11.4. The minimum absolute atomic E-state index is 0.0418. The molecule has 136 valence electrons. The lowest BCUT2D eigenvalue weighted by Gasteiger charge is -2.56. The van der Waals surface area contributed by atoms with Gasteiger partial charge in [-0.15, -0.1) is 0 Å². The van der Waals surface area contributed by atoms with Gasteiger partial charge in [-0.1, -0.05) is 0 Å². The van der Waals surface area contributed by atoms with Crippen molar-refractivity contribution < 1.29 is 14.3 Å². The summed E-state index contributed by atoms with van der Waals surface area (Å²) in [7, 11) is 3.19. The molecule has 1 aromatic rings. The molecule has 1 aromatic carbocycles. The minimum Gasteiger partial charge on any atom is -0.495 e. The summed E-state index contributed by atoms with van der Waals surface area (Å²) in [4.78, 5) is 12.7. The first-order chi connectivity index (χ1) is 12.0. The smallest absolute Gasteiger partial charge is 0.251 e. The van der Waals surface area contributed by atoms with E-state index in [0.717, 1.165) is 28.8 Å². The Morgan fingerprint density at radius 3 is 2.00 bits per heavy atom. The highest BCUT2D eigenvalue weighted by Gasteiger charge is 2.50. The van der Waals surface area contributed by atoms with E-state index in [2.05, 4.69) is 21.2 Å². The third kappa shape index (κ3) is 3.16. The van der Waals surface area contributed by atoms with Crippen molar-refractivity contribution in [3.05, 3.63) is 22.2 Å². The van der Waals surface area contributed by atoms with Crippen molar-refractivity contribution in [2.75, 3.05) is 20.8 Å². The van der Waals surface area contributed by atoms with Crippen LogP contribution in [-0.2, 0) is 0 Å². The summed E-state index contributed by atoms with van der Waals surface area (Å²) >= 11 is 3.45. The Bertz CT molecular complexity index is 627. The molecular weight excluding hydrogens is 382 g/mol. The minimum atomic E-state index is -0.0418. The van der Waals surface area contributed by atoms with Crippen LogP contribution >= 0.6 is 15.9 Å². The number of nitrogens with one attached hydrogen (secondary N) is 1. The summed E-state index contributed by atoms with van der Waals surface area (Å²) in [6.07, 6.45) is 8.17. The van der Waals surface area contributed by atoms with Crippen LogP contribution in [0.4, 0.5) is 0 Å². The summed E-state index contributed by atoms with van der Waals surface area (Å²) in [6, 6.07) is 3.53. The average molecular weight is 408 g/mol. The van der Waals surface area contributed by atoms with Crippen molar-refractivity contribution in [1.29, 1.82) is 0 Å². The van der Waals surface area contributed by atoms with E-state index in [1.54, 1.807) is 26.4 Å². The molecule has 4 bridgehead atoms. The van der Waals surface area contributed by atoms with Crippen LogP contribution < -0.4 is 14.8 Å². The molecule has 0 heterocycles. The van der Waals surface area contributed by atoms with E-state index < -0.39 is 0 Å². The first-order valence-electron chi connectivity index (χ1n) is 9.21. The molecule has 4 aliphatic carbocycles. The molecule has 4 fully saturated rings. The summed E-state index contributed by atoms with van der Waals surface area (Å²) in [5.74, 6) is 3.88. The van der Waals surface area contributed by atoms with Gasteiger partial charge in [-0.2, -0.15) is 0 Å². The van der Waals surface area contributed by atoms with E-state index in [0.29, 0.717) is 22.5 Å². The first-order valence-corrected chi connectivity index (χ1v) is 10.0. The maximum atomic E-state index is 12.7. The lowest BCUT2D eigenvalue weighted by Crippen LogP contribution is -2.51. The third-order valence-electron chi connectivity index (χ3n) is 6.50. The van der Waals surface area contributed by atoms with Gasteiger partial charge in [-0.3, -0.25) is 4.79 Å². The van der Waals surface area contributed by atoms with Gasteiger partial charge in [0.25, 0.3) is 5.91 Å². The molecule has 0 spiro atoms. The van der Waals surface area contributed by atoms with E-state index in [1.807, 2.05) is 0 Å². The Hall–Kier alpha value is -1.23. The second-order valence-electron chi connectivity index (χ2n) is 8.29. The van der Waals surface area contributed by atoms with E-state index in [9.17, 15) is 4.79 Å². The molecule has 0 aliphatic heterocycles. The second-order valence-corrected chi connectivity index (χ2v) is 9.09. The van der Waals surface area contributed by atoms with Gasteiger partial charge in [0.05, 0.1) is 14.2 Å². The molecule has 0 atom stereocenters. The van der Waals surface area contributed by atoms with Crippen LogP contribution in [0.25, 0.3) is 0 Å². The van der Waals surface area contributed by atoms with Crippen LogP contribution in [0.5, 0.6) is 11.5 Å². The van der Waals surface area contributed by atoms with Gasteiger partial charge in [-0.05, 0) is 89.8 Å². The number of benzene rings is 1. The van der Waals surface area contributed by atoms with Crippen LogP contribution in [0.2, 0.25) is 0 Å². The van der Waals surface area contributed by atoms with E-state index in [4.69, 9.17) is 9.47 Å². The molecule has 4 saturated carbocycles. The highest BCUT2D eigenvalue weighted by Crippen LogP contribution is 2.59. The van der Waals surface area contributed by atoms with Gasteiger partial charge in [0.1, 0.15) is 16.0 Å². The fraction of sp³-hybridized carbons (Fsp3) is 0.650. The summed E-state index contributed by atoms with van der Waals surface area (Å²) in [5, 5.41) is 3.21. The standard InChI is InChI=1S/C20H26BrNO3/c1-24-16-6-15(7-17(25-2)18(16)21)19(23)22-11-20-8-12-3-13(9-20)5-14(4-12)10-20/h6-7,12-14H,3-5,8-11H2,1-2H3,(H,22,23). The molecule has 5 rings (SSSR count). The molecule has 5 heteroatoms. The quantitative estimate of drug-likeness (QED) is 0.785. The molecule has 25 heavy (non-hydrogen) atoms. The molecular formula is C20H26BrNO3. The average Bonchev–Trinajstić information content (AvgIpc) is 2.59. The van der Waals surface area contributed by atoms with Crippen molar-refractivity contribution in [1.82, 2.24) is 5.32 Å². The van der Waals surface area contributed by atoms with Crippen molar-refractivity contribution in [2.24, 2.45) is 23.2 Å². The maximum Gasteiger partial charge on any atom is 0.251 e. The maximum absolute atomic E-state index is 12.7. The molecule has 0 saturated heterocycles. The molecule has 0 aromatic heterocycles. The number of methoxy groups -OCH3 is 2. The molecule has 0 unspecified atom stereocenters. The normalized spacial score (nSPS) is 32.5. The Morgan fingerprint density at radius 1 is 1.08 bits per heavy atom. The number of ether oxygens (including phenoxy) is 2. The van der Waals surface area contributed by atoms with Crippen LogP contribution in [0.3, 0.4) is 0 Å². The summed E-state index contributed by atoms with van der Waals surface area (Å²) in [5.41, 5.74) is 0.926. The number of carbonyl (C=O) groups excluding carboxylic acids is 1. The molecule has 1 amide bonds. The van der Waals surface area contributed by atoms with E-state index in [1.165, 1.54) is 38.5 Å². The van der Waals surface area contributed by atoms with Crippen LogP contribution in [-0.4, -0.2) is 26.7 Å². The van der Waals surface area contributed by atoms with Crippen molar-refractivity contribution in [2.45, 2.75) is 38.5 Å². The van der Waals surface area contributed by atoms with Crippen molar-refractivity contribution in [3.63, 3.8) is 0 Å². The zero-order valence-electron chi connectivity index (χ0n) is 14.9. The number of hydrogen-bond donors (Lipinski definition) is 1. The fourth-order valence-corrected chi connectivity index (χ4v) is 6.43. The highest BCUT2D eigenvalue weighted by atomic mass is 79.9. The zero-order valence-corrected chi connectivity index (χ0v) is 16.5. The SMILES string of the molecule is COc1cc(C(=O)NCC23CC4CC(CC(C4)C2)C3)cc(OC)c1Br. The molecule has 4 nitrogen and oxygen atoms in total. The predicted octanol–water partition coefficient (Wildman–Crippen LogP) is 4.41. The number of hydrogen-bond acceptors (Lipinski definition) is 3. The van der Waals surface area contributed by atoms with Crippen molar-refractivity contribution >= 4 is 21.8 Å². The largest absolute Gasteiger partial charge is 0.495 e. The Balaban J connectivity index is 1.48. The van der Waals surface area contributed by atoms with E-state index >= 15 is 0 Å². The van der Waals surface area contributed by atoms with Gasteiger partial charge in [0, 0.05) is 12.1 Å². The number of rotatable bonds is 5. The van der Waals surface area contributed by atoms with Crippen molar-refractivity contribution in [3.8, 4) is 11.5 Å². The highest BCUT2D eigenvalue weighted by molar-refractivity contribution is 9.10. The van der Waals surface area contributed by atoms with Gasteiger partial charge < -0.3 is 14.8 Å². The second kappa shape index (κ2) is 6.49. The summed E-state index contributed by atoms with van der Waals surface area (Å²) in [6.45, 7) is 0.802. The Morgan fingerprint density at radius 2 is 1.56 bits per heavy atom. The van der Waals surface area contributed by atoms with Gasteiger partial charge >= 0.3 is 0 Å². The Kier molecular flexibility index (Phi) is 4.47. The predicted molar refractivity (Wildman–Crippen MR) is 100 cm³/mol. The van der Waals surface area contributed by atoms with Crippen LogP contribution in [0.15, 0.2) is 16.6 Å². The van der Waals surface area contributed by atoms with Gasteiger partial charge in [-0.25, -0.2) is 0 Å². The third-order valence-corrected chi connectivity index (χ3v) is 7.28. The zero-order chi connectivity index (χ0) is 17.6. The molecule has 1 N–H and O–H groups in total. The fourth-order valence-electron chi connectivity index (χ4n) is 5.88. The van der Waals surface area contributed by atoms with Crippen LogP contribution in [0, 0.1) is 23.2 Å². The Labute approximate surface area is 157 Å². The van der Waals surface area contributed by atoms with Gasteiger partial charge in [0.15, 0.2) is 0 Å². The van der Waals surface area contributed by atoms with E-state index in [-0.39, 0.29) is 5.91 Å². The monoisotopic (exact) mass is 407 g/mol. The topological polar surface area (TPSA) is 47.6 Å². The van der Waals surface area contributed by atoms with Gasteiger partial charge in [0.2, 0.25) is 0 Å². The number of carbonyl (C=O) groups is 1. The number of amides is 1. The lowest BCUT2D eigenvalue weighted by molar-refractivity contribution is -0.0503. The molecule has 4 aliphatic rings.